The first-order chi connectivity index (χ1) is 6.74. The van der Waals surface area contributed by atoms with E-state index in [9.17, 15) is 0 Å². The molecular formula is C10H6BrNOS. The maximum atomic E-state index is 8.88. The number of fused-ring (bicyclic) bond motifs is 1. The third-order valence-electron chi connectivity index (χ3n) is 1.93. The van der Waals surface area contributed by atoms with Crippen LogP contribution < -0.4 is 4.74 Å². The smallest absolute Gasteiger partial charge is 0.137 e. The summed E-state index contributed by atoms with van der Waals surface area (Å²) in [5.41, 5.74) is 0.578. The Balaban J connectivity index is 2.76. The molecule has 0 spiro atoms. The summed E-state index contributed by atoms with van der Waals surface area (Å²) < 4.78 is 7.27. The minimum atomic E-state index is 0.578. The molecule has 0 atom stereocenters. The van der Waals surface area contributed by atoms with Crippen molar-refractivity contribution in [2.45, 2.75) is 0 Å². The van der Waals surface area contributed by atoms with Gasteiger partial charge in [-0.1, -0.05) is 0 Å². The van der Waals surface area contributed by atoms with Crippen molar-refractivity contribution in [2.75, 3.05) is 7.11 Å². The quantitative estimate of drug-likeness (QED) is 0.792. The fraction of sp³-hybridized carbons (Fsp3) is 0.100. The molecule has 2 aromatic rings. The van der Waals surface area contributed by atoms with Crippen molar-refractivity contribution in [1.29, 1.82) is 5.26 Å². The number of thiophene rings is 1. The van der Waals surface area contributed by atoms with Crippen LogP contribution >= 0.6 is 27.3 Å². The van der Waals surface area contributed by atoms with Crippen molar-refractivity contribution >= 4 is 37.4 Å². The molecule has 4 heteroatoms. The number of nitriles is 1. The van der Waals surface area contributed by atoms with Gasteiger partial charge in [0.15, 0.2) is 0 Å². The number of benzene rings is 1. The molecular weight excluding hydrogens is 262 g/mol. The van der Waals surface area contributed by atoms with Crippen LogP contribution in [-0.2, 0) is 0 Å². The van der Waals surface area contributed by atoms with E-state index in [1.165, 1.54) is 0 Å². The Morgan fingerprint density at radius 2 is 2.21 bits per heavy atom. The second kappa shape index (κ2) is 3.60. The zero-order valence-electron chi connectivity index (χ0n) is 7.37. The van der Waals surface area contributed by atoms with E-state index in [0.717, 1.165) is 13.9 Å². The molecule has 0 amide bonds. The maximum absolute atomic E-state index is 8.88. The largest absolute Gasteiger partial charge is 0.495 e. The molecule has 0 aliphatic carbocycles. The molecule has 0 saturated carbocycles. The second-order valence-corrected chi connectivity index (χ2v) is 5.22. The fourth-order valence-electron chi connectivity index (χ4n) is 1.29. The average Bonchev–Trinajstić information content (AvgIpc) is 2.54. The standard InChI is InChI=1S/C10H6BrNOS/c1-13-8-2-6-4-10(11)14-9(6)3-7(8)5-12/h2-4H,1H3. The lowest BCUT2D eigenvalue weighted by atomic mass is 10.2. The van der Waals surface area contributed by atoms with Crippen molar-refractivity contribution in [3.05, 3.63) is 27.5 Å². The lowest BCUT2D eigenvalue weighted by molar-refractivity contribution is 0.414. The third-order valence-corrected chi connectivity index (χ3v) is 3.53. The summed E-state index contributed by atoms with van der Waals surface area (Å²) in [7, 11) is 1.57. The number of methoxy groups -OCH3 is 1. The van der Waals surface area contributed by atoms with E-state index >= 15 is 0 Å². The fourth-order valence-corrected chi connectivity index (χ4v) is 2.87. The summed E-state index contributed by atoms with van der Waals surface area (Å²) in [4.78, 5) is 0. The Labute approximate surface area is 93.9 Å². The van der Waals surface area contributed by atoms with E-state index in [4.69, 9.17) is 10.00 Å². The van der Waals surface area contributed by atoms with Gasteiger partial charge >= 0.3 is 0 Å². The van der Waals surface area contributed by atoms with Gasteiger partial charge in [0.2, 0.25) is 0 Å². The van der Waals surface area contributed by atoms with Crippen LogP contribution in [0.4, 0.5) is 0 Å². The average molecular weight is 268 g/mol. The molecule has 1 aromatic carbocycles. The first-order valence-corrected chi connectivity index (χ1v) is 5.52. The highest BCUT2D eigenvalue weighted by atomic mass is 79.9. The molecule has 0 saturated heterocycles. The first kappa shape index (κ1) is 9.50. The highest BCUT2D eigenvalue weighted by Gasteiger charge is 2.07. The number of nitrogens with zero attached hydrogens (tertiary/aromatic N) is 1. The molecule has 0 aliphatic rings. The zero-order chi connectivity index (χ0) is 10.1. The zero-order valence-corrected chi connectivity index (χ0v) is 9.78. The van der Waals surface area contributed by atoms with Gasteiger partial charge in [-0.25, -0.2) is 0 Å². The molecule has 0 aliphatic heterocycles. The van der Waals surface area contributed by atoms with Crippen LogP contribution in [0.1, 0.15) is 5.56 Å². The lowest BCUT2D eigenvalue weighted by Gasteiger charge is -2.01. The van der Waals surface area contributed by atoms with Gasteiger partial charge in [-0.3, -0.25) is 0 Å². The van der Waals surface area contributed by atoms with Gasteiger partial charge in [0.05, 0.1) is 16.5 Å². The molecule has 0 fully saturated rings. The van der Waals surface area contributed by atoms with Gasteiger partial charge in [0.1, 0.15) is 11.8 Å². The SMILES string of the molecule is COc1cc2cc(Br)sc2cc1C#N. The Morgan fingerprint density at radius 3 is 2.86 bits per heavy atom. The molecule has 0 radical (unpaired) electrons. The molecule has 1 aromatic heterocycles. The topological polar surface area (TPSA) is 33.0 Å². The number of rotatable bonds is 1. The summed E-state index contributed by atoms with van der Waals surface area (Å²) in [6.45, 7) is 0. The van der Waals surface area contributed by atoms with Gasteiger partial charge in [-0.05, 0) is 39.5 Å². The minimum absolute atomic E-state index is 0.578. The van der Waals surface area contributed by atoms with Crippen LogP contribution in [0.2, 0.25) is 0 Å². The first-order valence-electron chi connectivity index (χ1n) is 3.92. The van der Waals surface area contributed by atoms with Crippen molar-refractivity contribution in [3.8, 4) is 11.8 Å². The van der Waals surface area contributed by atoms with E-state index in [0.29, 0.717) is 11.3 Å². The molecule has 2 nitrogen and oxygen atoms in total. The van der Waals surface area contributed by atoms with Crippen LogP contribution in [-0.4, -0.2) is 7.11 Å². The molecule has 0 bridgehead atoms. The van der Waals surface area contributed by atoms with Gasteiger partial charge < -0.3 is 4.74 Å². The molecule has 1 heterocycles. The highest BCUT2D eigenvalue weighted by molar-refractivity contribution is 9.11. The van der Waals surface area contributed by atoms with Crippen LogP contribution in [0, 0.1) is 11.3 Å². The van der Waals surface area contributed by atoms with Crippen LogP contribution in [0.5, 0.6) is 5.75 Å². The molecule has 0 N–H and O–H groups in total. The summed E-state index contributed by atoms with van der Waals surface area (Å²) in [6.07, 6.45) is 0. The summed E-state index contributed by atoms with van der Waals surface area (Å²) >= 11 is 5.02. The molecule has 0 unspecified atom stereocenters. The van der Waals surface area contributed by atoms with E-state index < -0.39 is 0 Å². The Bertz CT molecular complexity index is 527. The van der Waals surface area contributed by atoms with Gasteiger partial charge in [-0.2, -0.15) is 5.26 Å². The Morgan fingerprint density at radius 1 is 1.43 bits per heavy atom. The Hall–Kier alpha value is -1.05. The monoisotopic (exact) mass is 267 g/mol. The second-order valence-electron chi connectivity index (χ2n) is 2.75. The predicted octanol–water partition coefficient (Wildman–Crippen LogP) is 3.54. The number of hydrogen-bond acceptors (Lipinski definition) is 3. The van der Waals surface area contributed by atoms with E-state index in [1.54, 1.807) is 18.4 Å². The number of ether oxygens (including phenoxy) is 1. The third kappa shape index (κ3) is 1.49. The van der Waals surface area contributed by atoms with Crippen molar-refractivity contribution in [3.63, 3.8) is 0 Å². The number of hydrogen-bond donors (Lipinski definition) is 0. The van der Waals surface area contributed by atoms with Crippen molar-refractivity contribution < 1.29 is 4.74 Å². The Kier molecular flexibility index (Phi) is 2.44. The van der Waals surface area contributed by atoms with Crippen molar-refractivity contribution in [2.24, 2.45) is 0 Å². The van der Waals surface area contributed by atoms with Crippen molar-refractivity contribution in [1.82, 2.24) is 0 Å². The lowest BCUT2D eigenvalue weighted by Crippen LogP contribution is -1.86. The predicted molar refractivity (Wildman–Crippen MR) is 60.8 cm³/mol. The summed E-state index contributed by atoms with van der Waals surface area (Å²) in [5, 5.41) is 9.97. The molecule has 14 heavy (non-hydrogen) atoms. The van der Waals surface area contributed by atoms with E-state index in [2.05, 4.69) is 22.0 Å². The van der Waals surface area contributed by atoms with Gasteiger partial charge in [0, 0.05) is 4.70 Å². The molecule has 2 rings (SSSR count). The van der Waals surface area contributed by atoms with Crippen LogP contribution in [0.15, 0.2) is 22.0 Å². The van der Waals surface area contributed by atoms with Crippen LogP contribution in [0.25, 0.3) is 10.1 Å². The maximum Gasteiger partial charge on any atom is 0.137 e. The number of halogens is 1. The summed E-state index contributed by atoms with van der Waals surface area (Å²) in [5.74, 6) is 0.630. The van der Waals surface area contributed by atoms with Gasteiger partial charge in [-0.15, -0.1) is 11.3 Å². The summed E-state index contributed by atoms with van der Waals surface area (Å²) in [6, 6.07) is 7.87. The normalized spacial score (nSPS) is 10.1. The van der Waals surface area contributed by atoms with Crippen LogP contribution in [0.3, 0.4) is 0 Å². The van der Waals surface area contributed by atoms with E-state index in [-0.39, 0.29) is 0 Å². The minimum Gasteiger partial charge on any atom is -0.495 e. The molecule has 70 valence electrons. The highest BCUT2D eigenvalue weighted by Crippen LogP contribution is 2.34. The van der Waals surface area contributed by atoms with E-state index in [1.807, 2.05) is 18.2 Å². The van der Waals surface area contributed by atoms with Gasteiger partial charge in [0.25, 0.3) is 0 Å².